The van der Waals surface area contributed by atoms with Crippen molar-refractivity contribution in [2.75, 3.05) is 5.32 Å². The van der Waals surface area contributed by atoms with Crippen molar-refractivity contribution in [2.24, 2.45) is 11.7 Å². The van der Waals surface area contributed by atoms with Crippen LogP contribution in [-0.4, -0.2) is 10.5 Å². The Morgan fingerprint density at radius 2 is 1.88 bits per heavy atom. The van der Waals surface area contributed by atoms with Crippen LogP contribution in [0, 0.1) is 5.92 Å². The Bertz CT molecular complexity index is 836. The first-order valence-corrected chi connectivity index (χ1v) is 8.25. The van der Waals surface area contributed by atoms with Gasteiger partial charge < -0.3 is 15.6 Å². The van der Waals surface area contributed by atoms with Gasteiger partial charge in [0.1, 0.15) is 6.04 Å². The van der Waals surface area contributed by atoms with Gasteiger partial charge in [0.2, 0.25) is 5.91 Å². The standard InChI is InChI=1S/C20H23N3O/c1-14(2)13-23-11-10-16-12-17(8-9-18(16)23)22-20(24)19(21)15-6-4-3-5-7-15/h3-12,14,19H,13,21H2,1-2H3,(H,22,24). The fraction of sp³-hybridized carbons (Fsp3) is 0.250. The van der Waals surface area contributed by atoms with Gasteiger partial charge in [0, 0.05) is 29.3 Å². The molecule has 1 atom stereocenters. The number of aromatic nitrogens is 1. The van der Waals surface area contributed by atoms with Gasteiger partial charge in [-0.05, 0) is 35.7 Å². The minimum absolute atomic E-state index is 0.206. The van der Waals surface area contributed by atoms with E-state index in [0.29, 0.717) is 5.92 Å². The van der Waals surface area contributed by atoms with Crippen molar-refractivity contribution in [2.45, 2.75) is 26.4 Å². The molecule has 2 aromatic carbocycles. The predicted molar refractivity (Wildman–Crippen MR) is 98.8 cm³/mol. The number of anilines is 1. The second-order valence-electron chi connectivity index (χ2n) is 6.51. The van der Waals surface area contributed by atoms with Crippen LogP contribution in [0.25, 0.3) is 10.9 Å². The molecule has 4 nitrogen and oxygen atoms in total. The second-order valence-corrected chi connectivity index (χ2v) is 6.51. The number of carbonyl (C=O) groups is 1. The van der Waals surface area contributed by atoms with Gasteiger partial charge in [-0.3, -0.25) is 4.79 Å². The number of amides is 1. The van der Waals surface area contributed by atoms with Crippen molar-refractivity contribution in [3.8, 4) is 0 Å². The van der Waals surface area contributed by atoms with E-state index in [4.69, 9.17) is 5.73 Å². The summed E-state index contributed by atoms with van der Waals surface area (Å²) in [5, 5.41) is 4.02. The van der Waals surface area contributed by atoms with Crippen molar-refractivity contribution < 1.29 is 4.79 Å². The number of carbonyl (C=O) groups excluding carboxylic acids is 1. The van der Waals surface area contributed by atoms with Crippen LogP contribution >= 0.6 is 0 Å². The molecule has 0 aliphatic heterocycles. The average Bonchev–Trinajstić information content (AvgIpc) is 2.96. The maximum Gasteiger partial charge on any atom is 0.245 e. The smallest absolute Gasteiger partial charge is 0.245 e. The van der Waals surface area contributed by atoms with E-state index in [-0.39, 0.29) is 5.91 Å². The molecule has 3 rings (SSSR count). The average molecular weight is 321 g/mol. The summed E-state index contributed by atoms with van der Waals surface area (Å²) < 4.78 is 2.24. The number of rotatable bonds is 5. The van der Waals surface area contributed by atoms with Crippen LogP contribution in [0.2, 0.25) is 0 Å². The molecule has 3 aromatic rings. The molecule has 0 radical (unpaired) electrons. The van der Waals surface area contributed by atoms with Gasteiger partial charge >= 0.3 is 0 Å². The summed E-state index contributed by atoms with van der Waals surface area (Å²) in [6, 6.07) is 16.7. The fourth-order valence-corrected chi connectivity index (χ4v) is 2.86. The second kappa shape index (κ2) is 6.89. The maximum absolute atomic E-state index is 12.4. The zero-order chi connectivity index (χ0) is 17.1. The number of benzene rings is 2. The Labute approximate surface area is 142 Å². The predicted octanol–water partition coefficient (Wildman–Crippen LogP) is 3.94. The Morgan fingerprint density at radius 3 is 2.58 bits per heavy atom. The Hall–Kier alpha value is -2.59. The first kappa shape index (κ1) is 16.3. The molecule has 1 unspecified atom stereocenters. The highest BCUT2D eigenvalue weighted by atomic mass is 16.2. The van der Waals surface area contributed by atoms with E-state index in [2.05, 4.69) is 36.0 Å². The van der Waals surface area contributed by atoms with Crippen LogP contribution in [0.3, 0.4) is 0 Å². The molecule has 3 N–H and O–H groups in total. The Morgan fingerprint density at radius 1 is 1.12 bits per heavy atom. The van der Waals surface area contributed by atoms with Crippen LogP contribution in [0.1, 0.15) is 25.5 Å². The lowest BCUT2D eigenvalue weighted by Gasteiger charge is -2.13. The summed E-state index contributed by atoms with van der Waals surface area (Å²) >= 11 is 0. The SMILES string of the molecule is CC(C)Cn1ccc2cc(NC(=O)C(N)c3ccccc3)ccc21. The minimum atomic E-state index is -0.674. The molecule has 1 heterocycles. The van der Waals surface area contributed by atoms with Crippen molar-refractivity contribution in [3.05, 3.63) is 66.4 Å². The lowest BCUT2D eigenvalue weighted by Crippen LogP contribution is -2.27. The highest BCUT2D eigenvalue weighted by Crippen LogP contribution is 2.22. The zero-order valence-corrected chi connectivity index (χ0v) is 14.1. The number of hydrogen-bond donors (Lipinski definition) is 2. The lowest BCUT2D eigenvalue weighted by atomic mass is 10.1. The topological polar surface area (TPSA) is 60.0 Å². The number of fused-ring (bicyclic) bond motifs is 1. The van der Waals surface area contributed by atoms with Gasteiger partial charge in [-0.15, -0.1) is 0 Å². The van der Waals surface area contributed by atoms with Crippen LogP contribution in [0.15, 0.2) is 60.8 Å². The van der Waals surface area contributed by atoms with Crippen LogP contribution in [0.4, 0.5) is 5.69 Å². The molecule has 0 aliphatic rings. The third-order valence-electron chi connectivity index (χ3n) is 4.04. The van der Waals surface area contributed by atoms with E-state index >= 15 is 0 Å². The lowest BCUT2D eigenvalue weighted by molar-refractivity contribution is -0.117. The van der Waals surface area contributed by atoms with Crippen molar-refractivity contribution in [1.29, 1.82) is 0 Å². The number of nitrogens with zero attached hydrogens (tertiary/aromatic N) is 1. The molecular formula is C20H23N3O. The van der Waals surface area contributed by atoms with Crippen LogP contribution < -0.4 is 11.1 Å². The monoisotopic (exact) mass is 321 g/mol. The number of nitrogens with one attached hydrogen (secondary N) is 1. The minimum Gasteiger partial charge on any atom is -0.347 e. The van der Waals surface area contributed by atoms with E-state index < -0.39 is 6.04 Å². The van der Waals surface area contributed by atoms with E-state index in [1.807, 2.05) is 48.5 Å². The summed E-state index contributed by atoms with van der Waals surface area (Å²) in [5.41, 5.74) is 8.79. The summed E-state index contributed by atoms with van der Waals surface area (Å²) in [4.78, 5) is 12.4. The molecule has 124 valence electrons. The number of hydrogen-bond acceptors (Lipinski definition) is 2. The normalized spacial score (nSPS) is 12.5. The molecule has 0 fully saturated rings. The largest absolute Gasteiger partial charge is 0.347 e. The van der Waals surface area contributed by atoms with Crippen molar-refractivity contribution in [1.82, 2.24) is 4.57 Å². The van der Waals surface area contributed by atoms with Crippen molar-refractivity contribution >= 4 is 22.5 Å². The molecule has 0 saturated carbocycles. The van der Waals surface area contributed by atoms with Crippen LogP contribution in [0.5, 0.6) is 0 Å². The fourth-order valence-electron chi connectivity index (χ4n) is 2.86. The summed E-state index contributed by atoms with van der Waals surface area (Å²) in [7, 11) is 0. The van der Waals surface area contributed by atoms with Gasteiger partial charge in [-0.2, -0.15) is 0 Å². The summed E-state index contributed by atoms with van der Waals surface area (Å²) in [6.07, 6.45) is 2.09. The quantitative estimate of drug-likeness (QED) is 0.748. The molecule has 0 aliphatic carbocycles. The third kappa shape index (κ3) is 3.49. The highest BCUT2D eigenvalue weighted by molar-refractivity contribution is 5.97. The van der Waals surface area contributed by atoms with Crippen LogP contribution in [-0.2, 0) is 11.3 Å². The molecule has 0 saturated heterocycles. The van der Waals surface area contributed by atoms with Gasteiger partial charge in [0.05, 0.1) is 0 Å². The summed E-state index contributed by atoms with van der Waals surface area (Å²) in [6.45, 7) is 5.38. The molecule has 1 amide bonds. The van der Waals surface area contributed by atoms with E-state index in [0.717, 1.165) is 23.2 Å². The first-order chi connectivity index (χ1) is 11.5. The third-order valence-corrected chi connectivity index (χ3v) is 4.04. The number of nitrogens with two attached hydrogens (primary N) is 1. The molecule has 0 bridgehead atoms. The molecular weight excluding hydrogens is 298 g/mol. The highest BCUT2D eigenvalue weighted by Gasteiger charge is 2.15. The van der Waals surface area contributed by atoms with E-state index in [1.54, 1.807) is 0 Å². The maximum atomic E-state index is 12.4. The van der Waals surface area contributed by atoms with Gasteiger partial charge in [0.15, 0.2) is 0 Å². The molecule has 1 aromatic heterocycles. The van der Waals surface area contributed by atoms with Gasteiger partial charge in [-0.25, -0.2) is 0 Å². The van der Waals surface area contributed by atoms with E-state index in [1.165, 1.54) is 5.52 Å². The van der Waals surface area contributed by atoms with Gasteiger partial charge in [0.25, 0.3) is 0 Å². The summed E-state index contributed by atoms with van der Waals surface area (Å²) in [5.74, 6) is 0.381. The molecule has 24 heavy (non-hydrogen) atoms. The van der Waals surface area contributed by atoms with Gasteiger partial charge in [-0.1, -0.05) is 44.2 Å². The van der Waals surface area contributed by atoms with Crippen molar-refractivity contribution in [3.63, 3.8) is 0 Å². The molecule has 4 heteroatoms. The zero-order valence-electron chi connectivity index (χ0n) is 14.1. The first-order valence-electron chi connectivity index (χ1n) is 8.25. The Kier molecular flexibility index (Phi) is 4.67. The Balaban J connectivity index is 1.77. The van der Waals surface area contributed by atoms with E-state index in [9.17, 15) is 4.79 Å². The molecule has 0 spiro atoms.